The molecule has 0 radical (unpaired) electrons. The average molecular weight is 278 g/mol. The van der Waals surface area contributed by atoms with Gasteiger partial charge in [0.1, 0.15) is 0 Å². The van der Waals surface area contributed by atoms with Crippen LogP contribution < -0.4 is 5.32 Å². The standard InChI is InChI=1S/C14H22N4O2/c1-13(2,3)10(19)16-12(18-9-7-8-15-18)17-11(20)14(4,5)6/h7-9H,1-6H3,(H,16,17,19,20). The quantitative estimate of drug-likeness (QED) is 0.581. The second-order valence-corrected chi connectivity index (χ2v) is 6.65. The molecule has 0 unspecified atom stereocenters. The predicted octanol–water partition coefficient (Wildman–Crippen LogP) is 1.82. The molecule has 1 aromatic heterocycles. The van der Waals surface area contributed by atoms with Crippen molar-refractivity contribution >= 4 is 17.8 Å². The first-order valence-corrected chi connectivity index (χ1v) is 6.46. The van der Waals surface area contributed by atoms with Crippen molar-refractivity contribution in [2.75, 3.05) is 0 Å². The van der Waals surface area contributed by atoms with Gasteiger partial charge in [-0.25, -0.2) is 4.68 Å². The van der Waals surface area contributed by atoms with E-state index in [0.29, 0.717) is 0 Å². The van der Waals surface area contributed by atoms with Gasteiger partial charge in [-0.05, 0) is 6.07 Å². The summed E-state index contributed by atoms with van der Waals surface area (Å²) in [7, 11) is 0. The molecule has 0 aliphatic heterocycles. The van der Waals surface area contributed by atoms with Crippen LogP contribution in [0.1, 0.15) is 41.5 Å². The van der Waals surface area contributed by atoms with Crippen LogP contribution in [-0.2, 0) is 9.59 Å². The number of carbonyl (C=O) groups is 2. The average Bonchev–Trinajstić information content (AvgIpc) is 2.78. The highest BCUT2D eigenvalue weighted by Crippen LogP contribution is 2.16. The Kier molecular flexibility index (Phi) is 4.47. The van der Waals surface area contributed by atoms with E-state index in [9.17, 15) is 9.59 Å². The number of hydrogen-bond acceptors (Lipinski definition) is 3. The molecule has 0 fully saturated rings. The van der Waals surface area contributed by atoms with Gasteiger partial charge in [0.25, 0.3) is 5.91 Å². The van der Waals surface area contributed by atoms with Gasteiger partial charge < -0.3 is 0 Å². The van der Waals surface area contributed by atoms with Gasteiger partial charge in [0, 0.05) is 23.2 Å². The molecule has 110 valence electrons. The molecule has 0 spiro atoms. The molecule has 0 aliphatic rings. The summed E-state index contributed by atoms with van der Waals surface area (Å²) in [6.45, 7) is 10.7. The third-order valence-corrected chi connectivity index (χ3v) is 2.48. The summed E-state index contributed by atoms with van der Waals surface area (Å²) in [5.74, 6) is -0.430. The fourth-order valence-corrected chi connectivity index (χ4v) is 1.08. The molecular formula is C14H22N4O2. The van der Waals surface area contributed by atoms with Gasteiger partial charge in [-0.1, -0.05) is 41.5 Å². The number of nitrogens with zero attached hydrogens (tertiary/aromatic N) is 3. The van der Waals surface area contributed by atoms with Crippen LogP contribution in [0.5, 0.6) is 0 Å². The Labute approximate surface area is 119 Å². The Morgan fingerprint density at radius 1 is 1.10 bits per heavy atom. The molecule has 0 aromatic carbocycles. The lowest BCUT2D eigenvalue weighted by Gasteiger charge is -2.19. The molecule has 1 aromatic rings. The Balaban J connectivity index is 3.09. The zero-order valence-corrected chi connectivity index (χ0v) is 12.9. The second kappa shape index (κ2) is 5.56. The number of carbonyl (C=O) groups excluding carboxylic acids is 2. The number of rotatable bonds is 0. The molecule has 6 heteroatoms. The van der Waals surface area contributed by atoms with Crippen molar-refractivity contribution in [2.24, 2.45) is 15.8 Å². The van der Waals surface area contributed by atoms with Crippen molar-refractivity contribution in [1.29, 1.82) is 0 Å². The fourth-order valence-electron chi connectivity index (χ4n) is 1.08. The molecule has 1 N–H and O–H groups in total. The molecule has 0 bridgehead atoms. The Bertz CT molecular complexity index is 516. The Morgan fingerprint density at radius 2 is 1.70 bits per heavy atom. The van der Waals surface area contributed by atoms with Crippen LogP contribution >= 0.6 is 0 Å². The van der Waals surface area contributed by atoms with Gasteiger partial charge in [0.2, 0.25) is 11.9 Å². The zero-order chi connectivity index (χ0) is 15.6. The SMILES string of the molecule is CC(C)(C)C(=O)N=C(NC(=O)C(C)(C)C)n1cccn1. The molecule has 20 heavy (non-hydrogen) atoms. The van der Waals surface area contributed by atoms with Gasteiger partial charge in [-0.15, -0.1) is 0 Å². The van der Waals surface area contributed by atoms with Crippen LogP contribution in [-0.4, -0.2) is 27.6 Å². The number of nitrogens with one attached hydrogen (secondary N) is 1. The monoisotopic (exact) mass is 278 g/mol. The van der Waals surface area contributed by atoms with E-state index in [0.717, 1.165) is 0 Å². The molecule has 0 saturated carbocycles. The lowest BCUT2D eigenvalue weighted by atomic mass is 9.95. The van der Waals surface area contributed by atoms with Crippen molar-refractivity contribution < 1.29 is 9.59 Å². The summed E-state index contributed by atoms with van der Waals surface area (Å²) < 4.78 is 1.37. The number of aliphatic imine (C=N–C) groups is 1. The van der Waals surface area contributed by atoms with Gasteiger partial charge in [0.05, 0.1) is 0 Å². The maximum absolute atomic E-state index is 12.1. The molecule has 0 saturated heterocycles. The molecule has 6 nitrogen and oxygen atoms in total. The summed E-state index contributed by atoms with van der Waals surface area (Å²) in [6, 6.07) is 1.69. The van der Waals surface area contributed by atoms with Crippen molar-refractivity contribution in [1.82, 2.24) is 15.1 Å². The van der Waals surface area contributed by atoms with E-state index in [1.807, 2.05) is 0 Å². The van der Waals surface area contributed by atoms with Crippen LogP contribution in [0.2, 0.25) is 0 Å². The first kappa shape index (κ1) is 16.1. The lowest BCUT2D eigenvalue weighted by molar-refractivity contribution is -0.127. The van der Waals surface area contributed by atoms with E-state index in [1.54, 1.807) is 60.0 Å². The third-order valence-electron chi connectivity index (χ3n) is 2.48. The summed E-state index contributed by atoms with van der Waals surface area (Å²) in [4.78, 5) is 28.1. The van der Waals surface area contributed by atoms with Crippen LogP contribution in [0.15, 0.2) is 23.5 Å². The summed E-state index contributed by atoms with van der Waals surface area (Å²) in [6.07, 6.45) is 3.18. The summed E-state index contributed by atoms with van der Waals surface area (Å²) in [5, 5.41) is 6.66. The smallest absolute Gasteiger partial charge is 0.254 e. The van der Waals surface area contributed by atoms with E-state index in [4.69, 9.17) is 0 Å². The minimum Gasteiger partial charge on any atom is -0.294 e. The van der Waals surface area contributed by atoms with E-state index >= 15 is 0 Å². The van der Waals surface area contributed by atoms with E-state index in [1.165, 1.54) is 4.68 Å². The van der Waals surface area contributed by atoms with E-state index in [2.05, 4.69) is 15.4 Å². The third kappa shape index (κ3) is 4.29. The fraction of sp³-hybridized carbons (Fsp3) is 0.571. The molecule has 1 heterocycles. The van der Waals surface area contributed by atoms with Crippen LogP contribution in [0.4, 0.5) is 0 Å². The van der Waals surface area contributed by atoms with Crippen LogP contribution in [0.25, 0.3) is 0 Å². The summed E-state index contributed by atoms with van der Waals surface area (Å²) >= 11 is 0. The van der Waals surface area contributed by atoms with Crippen LogP contribution in [0, 0.1) is 10.8 Å². The Morgan fingerprint density at radius 3 is 2.10 bits per heavy atom. The first-order chi connectivity index (χ1) is 9.01. The van der Waals surface area contributed by atoms with Crippen molar-refractivity contribution in [3.8, 4) is 0 Å². The van der Waals surface area contributed by atoms with Gasteiger partial charge >= 0.3 is 0 Å². The van der Waals surface area contributed by atoms with Gasteiger partial charge in [-0.3, -0.25) is 14.9 Å². The Hall–Kier alpha value is -1.98. The zero-order valence-electron chi connectivity index (χ0n) is 12.9. The molecule has 1 rings (SSSR count). The second-order valence-electron chi connectivity index (χ2n) is 6.65. The van der Waals surface area contributed by atoms with Gasteiger partial charge in [0.15, 0.2) is 0 Å². The van der Waals surface area contributed by atoms with Crippen molar-refractivity contribution in [3.05, 3.63) is 18.5 Å². The molecule has 0 aliphatic carbocycles. The highest BCUT2D eigenvalue weighted by atomic mass is 16.2. The number of aromatic nitrogens is 2. The molecule has 0 atom stereocenters. The minimum atomic E-state index is -0.620. The van der Waals surface area contributed by atoms with E-state index < -0.39 is 10.8 Å². The molecular weight excluding hydrogens is 256 g/mol. The van der Waals surface area contributed by atoms with Gasteiger partial charge in [-0.2, -0.15) is 10.1 Å². The highest BCUT2D eigenvalue weighted by Gasteiger charge is 2.26. The highest BCUT2D eigenvalue weighted by molar-refractivity contribution is 6.04. The molecule has 2 amide bonds. The minimum absolute atomic E-state index is 0.120. The maximum atomic E-state index is 12.1. The normalized spacial score (nSPS) is 13.2. The first-order valence-electron chi connectivity index (χ1n) is 6.46. The van der Waals surface area contributed by atoms with Crippen LogP contribution in [0.3, 0.4) is 0 Å². The maximum Gasteiger partial charge on any atom is 0.254 e. The number of amides is 2. The van der Waals surface area contributed by atoms with Crippen molar-refractivity contribution in [3.63, 3.8) is 0 Å². The lowest BCUT2D eigenvalue weighted by Crippen LogP contribution is -2.43. The summed E-state index contributed by atoms with van der Waals surface area (Å²) in [5.41, 5.74) is -1.20. The van der Waals surface area contributed by atoms with E-state index in [-0.39, 0.29) is 17.8 Å². The predicted molar refractivity (Wildman–Crippen MR) is 77.1 cm³/mol. The largest absolute Gasteiger partial charge is 0.294 e. The van der Waals surface area contributed by atoms with Crippen molar-refractivity contribution in [2.45, 2.75) is 41.5 Å². The topological polar surface area (TPSA) is 76.3 Å². The number of hydrogen-bond donors (Lipinski definition) is 1.